The van der Waals surface area contributed by atoms with Gasteiger partial charge in [0.1, 0.15) is 0 Å². The number of ether oxygens (including phenoxy) is 3. The molecule has 0 saturated heterocycles. The molecule has 1 aromatic carbocycles. The van der Waals surface area contributed by atoms with E-state index < -0.39 is 11.9 Å². The predicted molar refractivity (Wildman–Crippen MR) is 113 cm³/mol. The second-order valence-electron chi connectivity index (χ2n) is 8.16. The number of dihydropyridines is 1. The number of carbonyl (C=O) groups is 2. The number of hydrogen-bond donors (Lipinski definition) is 1. The van der Waals surface area contributed by atoms with Crippen molar-refractivity contribution in [3.63, 3.8) is 0 Å². The molecule has 2 aliphatic rings. The summed E-state index contributed by atoms with van der Waals surface area (Å²) >= 11 is 3.52. The maximum absolute atomic E-state index is 13.2. The standard InChI is InChI=1S/C22H26BrNO5/c1-11-17(21(26)29-6)18(12-7-13(23)20(28-5)16(8-12)27-4)19-14(24-11)9-22(2,3)10-15(19)25/h7-8,18,24H,9-10H2,1-6H3. The van der Waals surface area contributed by atoms with Gasteiger partial charge in [0, 0.05) is 29.3 Å². The SMILES string of the molecule is COC(=O)C1=C(C)NC2=C(C(=O)CC(C)(C)C2)C1c1cc(Br)c(OC)c(OC)c1. The number of esters is 1. The van der Waals surface area contributed by atoms with E-state index in [9.17, 15) is 9.59 Å². The van der Waals surface area contributed by atoms with Crippen molar-refractivity contribution in [1.29, 1.82) is 0 Å². The fourth-order valence-corrected chi connectivity index (χ4v) is 4.88. The number of nitrogens with one attached hydrogen (secondary N) is 1. The van der Waals surface area contributed by atoms with E-state index in [1.54, 1.807) is 14.2 Å². The second-order valence-corrected chi connectivity index (χ2v) is 9.01. The van der Waals surface area contributed by atoms with Crippen molar-refractivity contribution in [2.24, 2.45) is 5.41 Å². The van der Waals surface area contributed by atoms with E-state index in [4.69, 9.17) is 14.2 Å². The molecule has 1 unspecified atom stereocenters. The van der Waals surface area contributed by atoms with Gasteiger partial charge in [0.25, 0.3) is 0 Å². The molecule has 29 heavy (non-hydrogen) atoms. The molecule has 1 heterocycles. The molecule has 7 heteroatoms. The smallest absolute Gasteiger partial charge is 0.336 e. The van der Waals surface area contributed by atoms with Crippen LogP contribution >= 0.6 is 15.9 Å². The third-order valence-electron chi connectivity index (χ3n) is 5.43. The van der Waals surface area contributed by atoms with Crippen molar-refractivity contribution >= 4 is 27.7 Å². The molecule has 156 valence electrons. The quantitative estimate of drug-likeness (QED) is 0.672. The van der Waals surface area contributed by atoms with Crippen LogP contribution in [0.3, 0.4) is 0 Å². The Bertz CT molecular complexity index is 945. The zero-order valence-corrected chi connectivity index (χ0v) is 19.2. The third-order valence-corrected chi connectivity index (χ3v) is 6.02. The number of Topliss-reactive ketones (excluding diaryl/α,β-unsaturated/α-hetero) is 1. The van der Waals surface area contributed by atoms with E-state index in [0.29, 0.717) is 39.2 Å². The Morgan fingerprint density at radius 2 is 1.86 bits per heavy atom. The third kappa shape index (κ3) is 3.80. The number of methoxy groups -OCH3 is 3. The first-order valence-electron chi connectivity index (χ1n) is 9.37. The number of rotatable bonds is 4. The van der Waals surface area contributed by atoms with Crippen molar-refractivity contribution in [2.75, 3.05) is 21.3 Å². The average Bonchev–Trinajstić information content (AvgIpc) is 2.64. The highest BCUT2D eigenvalue weighted by atomic mass is 79.9. The topological polar surface area (TPSA) is 73.9 Å². The molecule has 6 nitrogen and oxygen atoms in total. The van der Waals surface area contributed by atoms with E-state index in [1.807, 2.05) is 19.1 Å². The molecule has 1 aliphatic heterocycles. The predicted octanol–water partition coefficient (Wildman–Crippen LogP) is 4.24. The molecular weight excluding hydrogens is 438 g/mol. The zero-order valence-electron chi connectivity index (χ0n) is 17.6. The Morgan fingerprint density at radius 1 is 1.17 bits per heavy atom. The summed E-state index contributed by atoms with van der Waals surface area (Å²) in [7, 11) is 4.46. The minimum absolute atomic E-state index is 0.0357. The van der Waals surface area contributed by atoms with Crippen molar-refractivity contribution in [2.45, 2.75) is 39.5 Å². The van der Waals surface area contributed by atoms with Gasteiger partial charge in [-0.15, -0.1) is 0 Å². The molecular formula is C22H26BrNO5. The van der Waals surface area contributed by atoms with Gasteiger partial charge in [-0.3, -0.25) is 4.79 Å². The van der Waals surface area contributed by atoms with E-state index in [2.05, 4.69) is 35.1 Å². The van der Waals surface area contributed by atoms with Gasteiger partial charge < -0.3 is 19.5 Å². The molecule has 0 spiro atoms. The van der Waals surface area contributed by atoms with E-state index in [-0.39, 0.29) is 11.2 Å². The van der Waals surface area contributed by atoms with Crippen LogP contribution in [-0.2, 0) is 14.3 Å². The number of ketones is 1. The van der Waals surface area contributed by atoms with Gasteiger partial charge >= 0.3 is 5.97 Å². The van der Waals surface area contributed by atoms with E-state index in [0.717, 1.165) is 17.7 Å². The number of benzene rings is 1. The molecule has 1 aromatic rings. The van der Waals surface area contributed by atoms with Crippen molar-refractivity contribution < 1.29 is 23.8 Å². The van der Waals surface area contributed by atoms with Gasteiger partial charge in [0.2, 0.25) is 0 Å². The summed E-state index contributed by atoms with van der Waals surface area (Å²) in [5.74, 6) is 0.0980. The number of halogens is 1. The van der Waals surface area contributed by atoms with Crippen LogP contribution in [0, 0.1) is 5.41 Å². The Morgan fingerprint density at radius 3 is 2.45 bits per heavy atom. The monoisotopic (exact) mass is 463 g/mol. The molecule has 0 bridgehead atoms. The van der Waals surface area contributed by atoms with Crippen LogP contribution in [0.25, 0.3) is 0 Å². The Labute approximate surface area is 179 Å². The molecule has 0 radical (unpaired) electrons. The van der Waals surface area contributed by atoms with Crippen molar-refractivity contribution in [3.05, 3.63) is 44.7 Å². The molecule has 3 rings (SSSR count). The maximum Gasteiger partial charge on any atom is 0.336 e. The lowest BCUT2D eigenvalue weighted by atomic mass is 9.68. The fraction of sp³-hybridized carbons (Fsp3) is 0.455. The van der Waals surface area contributed by atoms with Crippen molar-refractivity contribution in [1.82, 2.24) is 5.32 Å². The summed E-state index contributed by atoms with van der Waals surface area (Å²) in [6.45, 7) is 5.99. The maximum atomic E-state index is 13.2. The molecule has 0 amide bonds. The number of allylic oxidation sites excluding steroid dienone is 3. The summed E-state index contributed by atoms with van der Waals surface area (Å²) < 4.78 is 16.6. The largest absolute Gasteiger partial charge is 0.493 e. The van der Waals surface area contributed by atoms with Gasteiger partial charge in [-0.2, -0.15) is 0 Å². The molecule has 1 N–H and O–H groups in total. The molecule has 1 atom stereocenters. The van der Waals surface area contributed by atoms with Crippen LogP contribution in [0.5, 0.6) is 11.5 Å². The van der Waals surface area contributed by atoms with Crippen LogP contribution in [0.1, 0.15) is 45.1 Å². The second kappa shape index (κ2) is 7.86. The van der Waals surface area contributed by atoms with Gasteiger partial charge in [0.05, 0.1) is 31.4 Å². The lowest BCUT2D eigenvalue weighted by Gasteiger charge is -2.39. The van der Waals surface area contributed by atoms with E-state index in [1.165, 1.54) is 7.11 Å². The summed E-state index contributed by atoms with van der Waals surface area (Å²) in [4.78, 5) is 25.9. The van der Waals surface area contributed by atoms with Crippen LogP contribution in [-0.4, -0.2) is 33.1 Å². The minimum atomic E-state index is -0.543. The van der Waals surface area contributed by atoms with Crippen molar-refractivity contribution in [3.8, 4) is 11.5 Å². The lowest BCUT2D eigenvalue weighted by molar-refractivity contribution is -0.136. The first kappa shape index (κ1) is 21.4. The summed E-state index contributed by atoms with van der Waals surface area (Å²) in [6, 6.07) is 3.68. The highest BCUT2D eigenvalue weighted by molar-refractivity contribution is 9.10. The van der Waals surface area contributed by atoms with Gasteiger partial charge in [-0.25, -0.2) is 4.79 Å². The van der Waals surface area contributed by atoms with Gasteiger partial charge in [0.15, 0.2) is 17.3 Å². The molecule has 0 saturated carbocycles. The highest BCUT2D eigenvalue weighted by Gasteiger charge is 2.43. The summed E-state index contributed by atoms with van der Waals surface area (Å²) in [5.41, 5.74) is 3.22. The zero-order chi connectivity index (χ0) is 21.5. The Kier molecular flexibility index (Phi) is 5.81. The Balaban J connectivity index is 2.27. The number of hydrogen-bond acceptors (Lipinski definition) is 6. The minimum Gasteiger partial charge on any atom is -0.493 e. The van der Waals surface area contributed by atoms with Gasteiger partial charge in [-0.1, -0.05) is 13.8 Å². The molecule has 0 fully saturated rings. The first-order chi connectivity index (χ1) is 13.6. The van der Waals surface area contributed by atoms with Crippen LogP contribution in [0.2, 0.25) is 0 Å². The first-order valence-corrected chi connectivity index (χ1v) is 10.2. The van der Waals surface area contributed by atoms with Gasteiger partial charge in [-0.05, 0) is 52.4 Å². The fourth-order valence-electron chi connectivity index (χ4n) is 4.25. The lowest BCUT2D eigenvalue weighted by Crippen LogP contribution is -2.38. The van der Waals surface area contributed by atoms with E-state index >= 15 is 0 Å². The molecule has 0 aromatic heterocycles. The molecule has 1 aliphatic carbocycles. The normalized spacial score (nSPS) is 20.8. The van der Waals surface area contributed by atoms with Crippen LogP contribution < -0.4 is 14.8 Å². The van der Waals surface area contributed by atoms with Crippen LogP contribution in [0.15, 0.2) is 39.1 Å². The summed E-state index contributed by atoms with van der Waals surface area (Å²) in [6.07, 6.45) is 1.15. The van der Waals surface area contributed by atoms with Crippen LogP contribution in [0.4, 0.5) is 0 Å². The Hall–Kier alpha value is -2.28. The average molecular weight is 464 g/mol. The summed E-state index contributed by atoms with van der Waals surface area (Å²) in [5, 5.41) is 3.31. The number of carbonyl (C=O) groups excluding carboxylic acids is 2. The highest BCUT2D eigenvalue weighted by Crippen LogP contribution is 2.49.